The van der Waals surface area contributed by atoms with Crippen LogP contribution in [0, 0.1) is 5.82 Å². The van der Waals surface area contributed by atoms with Gasteiger partial charge in [0, 0.05) is 37.4 Å². The Balaban J connectivity index is 1.49. The fourth-order valence-corrected chi connectivity index (χ4v) is 3.79. The number of aromatic nitrogens is 1. The van der Waals surface area contributed by atoms with E-state index in [1.165, 1.54) is 6.07 Å². The first-order valence-electron chi connectivity index (χ1n) is 9.92. The summed E-state index contributed by atoms with van der Waals surface area (Å²) < 4.78 is 19.8. The number of pyridine rings is 1. The van der Waals surface area contributed by atoms with Gasteiger partial charge in [0.2, 0.25) is 0 Å². The Morgan fingerprint density at radius 1 is 1.18 bits per heavy atom. The van der Waals surface area contributed by atoms with Crippen LogP contribution in [0.25, 0.3) is 0 Å². The number of nitrogens with zero attached hydrogens (tertiary/aromatic N) is 3. The minimum Gasteiger partial charge on any atom is -0.372 e. The molecule has 0 N–H and O–H groups in total. The van der Waals surface area contributed by atoms with Crippen molar-refractivity contribution in [2.75, 3.05) is 18.0 Å². The molecule has 1 aliphatic carbocycles. The molecule has 0 radical (unpaired) electrons. The molecule has 0 bridgehead atoms. The third-order valence-corrected chi connectivity index (χ3v) is 5.29. The van der Waals surface area contributed by atoms with Gasteiger partial charge < -0.3 is 14.5 Å². The molecule has 2 aromatic rings. The number of anilines is 1. The number of hydrogen-bond donors (Lipinski definition) is 0. The van der Waals surface area contributed by atoms with Gasteiger partial charge in [-0.3, -0.25) is 4.79 Å². The zero-order valence-corrected chi connectivity index (χ0v) is 16.3. The van der Waals surface area contributed by atoms with E-state index in [4.69, 9.17) is 4.74 Å². The molecule has 2 atom stereocenters. The first-order chi connectivity index (χ1) is 13.5. The zero-order valence-electron chi connectivity index (χ0n) is 16.3. The summed E-state index contributed by atoms with van der Waals surface area (Å²) in [6, 6.07) is 10.5. The maximum absolute atomic E-state index is 14.1. The van der Waals surface area contributed by atoms with Gasteiger partial charge in [0.05, 0.1) is 17.8 Å². The summed E-state index contributed by atoms with van der Waals surface area (Å²) in [5, 5.41) is 0. The first kappa shape index (κ1) is 18.9. The second kappa shape index (κ2) is 7.87. The highest BCUT2D eigenvalue weighted by atomic mass is 19.1. The van der Waals surface area contributed by atoms with Gasteiger partial charge >= 0.3 is 0 Å². The Labute approximate surface area is 165 Å². The molecule has 6 heteroatoms. The van der Waals surface area contributed by atoms with Crippen molar-refractivity contribution in [3.8, 4) is 0 Å². The lowest BCUT2D eigenvalue weighted by atomic mass is 10.1. The minimum absolute atomic E-state index is 0.0893. The average Bonchev–Trinajstić information content (AvgIpc) is 3.51. The molecule has 1 saturated carbocycles. The van der Waals surface area contributed by atoms with Crippen molar-refractivity contribution in [2.24, 2.45) is 0 Å². The number of halogens is 1. The Morgan fingerprint density at radius 2 is 1.89 bits per heavy atom. The number of hydrogen-bond acceptors (Lipinski definition) is 4. The third-order valence-electron chi connectivity index (χ3n) is 5.29. The number of ether oxygens (including phenoxy) is 1. The number of amides is 1. The van der Waals surface area contributed by atoms with E-state index in [2.05, 4.69) is 23.7 Å². The van der Waals surface area contributed by atoms with E-state index < -0.39 is 0 Å². The van der Waals surface area contributed by atoms with Crippen LogP contribution in [-0.2, 0) is 11.3 Å². The lowest BCUT2D eigenvalue weighted by Crippen LogP contribution is -2.45. The second-order valence-electron chi connectivity index (χ2n) is 7.82. The van der Waals surface area contributed by atoms with Crippen LogP contribution in [0.3, 0.4) is 0 Å². The van der Waals surface area contributed by atoms with Crippen LogP contribution < -0.4 is 4.90 Å². The van der Waals surface area contributed by atoms with Crippen LogP contribution in [0.4, 0.5) is 10.2 Å². The third kappa shape index (κ3) is 4.17. The normalized spacial score (nSPS) is 22.2. The molecule has 1 amide bonds. The van der Waals surface area contributed by atoms with Crippen molar-refractivity contribution in [2.45, 2.75) is 51.5 Å². The van der Waals surface area contributed by atoms with Crippen molar-refractivity contribution in [3.63, 3.8) is 0 Å². The van der Waals surface area contributed by atoms with E-state index in [-0.39, 0.29) is 36.5 Å². The van der Waals surface area contributed by atoms with E-state index in [1.807, 2.05) is 12.1 Å². The quantitative estimate of drug-likeness (QED) is 0.791. The van der Waals surface area contributed by atoms with Crippen molar-refractivity contribution in [1.29, 1.82) is 0 Å². The highest BCUT2D eigenvalue weighted by Crippen LogP contribution is 2.30. The molecular weight excluding hydrogens is 357 g/mol. The molecule has 28 heavy (non-hydrogen) atoms. The van der Waals surface area contributed by atoms with Crippen LogP contribution >= 0.6 is 0 Å². The fraction of sp³-hybridized carbons (Fsp3) is 0.455. The van der Waals surface area contributed by atoms with E-state index >= 15 is 0 Å². The molecule has 2 fully saturated rings. The number of morpholine rings is 1. The van der Waals surface area contributed by atoms with Crippen molar-refractivity contribution >= 4 is 11.7 Å². The Kier molecular flexibility index (Phi) is 5.31. The van der Waals surface area contributed by atoms with Gasteiger partial charge in [-0.15, -0.1) is 0 Å². The molecule has 2 heterocycles. The minimum atomic E-state index is -0.273. The van der Waals surface area contributed by atoms with Gasteiger partial charge in [-0.2, -0.15) is 0 Å². The maximum Gasteiger partial charge on any atom is 0.255 e. The first-order valence-corrected chi connectivity index (χ1v) is 9.92. The summed E-state index contributed by atoms with van der Waals surface area (Å²) in [6.07, 6.45) is 3.87. The molecular formula is C22H26FN3O2. The van der Waals surface area contributed by atoms with Crippen LogP contribution in [0.1, 0.15) is 42.6 Å². The monoisotopic (exact) mass is 383 g/mol. The zero-order chi connectivity index (χ0) is 19.7. The summed E-state index contributed by atoms with van der Waals surface area (Å²) in [7, 11) is 0. The lowest BCUT2D eigenvalue weighted by molar-refractivity contribution is -0.00546. The SMILES string of the molecule is CC1CN(c2ccc(C(=O)N(Cc3ccccc3F)C3CC3)cn2)CC(C)O1. The molecule has 1 aromatic carbocycles. The fourth-order valence-electron chi connectivity index (χ4n) is 3.79. The summed E-state index contributed by atoms with van der Waals surface area (Å²) in [6.45, 7) is 5.96. The Morgan fingerprint density at radius 3 is 2.50 bits per heavy atom. The highest BCUT2D eigenvalue weighted by molar-refractivity contribution is 5.94. The topological polar surface area (TPSA) is 45.7 Å². The number of rotatable bonds is 5. The van der Waals surface area contributed by atoms with Gasteiger partial charge in [-0.25, -0.2) is 9.37 Å². The van der Waals surface area contributed by atoms with Crippen molar-refractivity contribution in [3.05, 3.63) is 59.5 Å². The predicted molar refractivity (Wildman–Crippen MR) is 106 cm³/mol. The number of benzene rings is 1. The standard InChI is InChI=1S/C22H26FN3O2/c1-15-12-25(13-16(2)28-15)21-10-7-17(11-24-21)22(27)26(19-8-9-19)14-18-5-3-4-6-20(18)23/h3-7,10-11,15-16,19H,8-9,12-14H2,1-2H3. The van der Waals surface area contributed by atoms with Crippen LogP contribution in [0.5, 0.6) is 0 Å². The van der Waals surface area contributed by atoms with Gasteiger partial charge in [0.15, 0.2) is 0 Å². The van der Waals surface area contributed by atoms with E-state index in [0.717, 1.165) is 31.7 Å². The molecule has 5 nitrogen and oxygen atoms in total. The second-order valence-corrected chi connectivity index (χ2v) is 7.82. The Bertz CT molecular complexity index is 828. The highest BCUT2D eigenvalue weighted by Gasteiger charge is 2.33. The number of carbonyl (C=O) groups is 1. The summed E-state index contributed by atoms with van der Waals surface area (Å²) in [5.41, 5.74) is 1.09. The average molecular weight is 383 g/mol. The molecule has 2 aliphatic rings. The lowest BCUT2D eigenvalue weighted by Gasteiger charge is -2.36. The van der Waals surface area contributed by atoms with E-state index in [0.29, 0.717) is 11.1 Å². The van der Waals surface area contributed by atoms with Crippen molar-refractivity contribution < 1.29 is 13.9 Å². The van der Waals surface area contributed by atoms with Crippen molar-refractivity contribution in [1.82, 2.24) is 9.88 Å². The van der Waals surface area contributed by atoms with E-state index in [9.17, 15) is 9.18 Å². The van der Waals surface area contributed by atoms with Crippen LogP contribution in [-0.4, -0.2) is 47.1 Å². The van der Waals surface area contributed by atoms with E-state index in [1.54, 1.807) is 29.3 Å². The molecule has 1 aromatic heterocycles. The number of carbonyl (C=O) groups excluding carboxylic acids is 1. The van der Waals surface area contributed by atoms with Gasteiger partial charge in [-0.1, -0.05) is 18.2 Å². The summed E-state index contributed by atoms with van der Waals surface area (Å²) in [4.78, 5) is 21.5. The predicted octanol–water partition coefficient (Wildman–Crippen LogP) is 3.64. The molecule has 148 valence electrons. The summed E-state index contributed by atoms with van der Waals surface area (Å²) in [5.74, 6) is 0.490. The molecule has 4 rings (SSSR count). The largest absolute Gasteiger partial charge is 0.372 e. The maximum atomic E-state index is 14.1. The van der Waals surface area contributed by atoms with Gasteiger partial charge in [-0.05, 0) is 44.9 Å². The summed E-state index contributed by atoms with van der Waals surface area (Å²) >= 11 is 0. The smallest absolute Gasteiger partial charge is 0.255 e. The van der Waals surface area contributed by atoms with Gasteiger partial charge in [0.1, 0.15) is 11.6 Å². The van der Waals surface area contributed by atoms with Crippen LogP contribution in [0.15, 0.2) is 42.6 Å². The van der Waals surface area contributed by atoms with Gasteiger partial charge in [0.25, 0.3) is 5.91 Å². The molecule has 2 unspecified atom stereocenters. The molecule has 1 aliphatic heterocycles. The van der Waals surface area contributed by atoms with Crippen LogP contribution in [0.2, 0.25) is 0 Å². The molecule has 0 spiro atoms. The molecule has 1 saturated heterocycles. The Hall–Kier alpha value is -2.47.